The van der Waals surface area contributed by atoms with Gasteiger partial charge in [-0.1, -0.05) is 10.2 Å². The highest BCUT2D eigenvalue weighted by Crippen LogP contribution is 2.29. The van der Waals surface area contributed by atoms with Gasteiger partial charge in [0.2, 0.25) is 0 Å². The number of rotatable bonds is 3. The number of nitrogens with zero attached hydrogens (tertiary/aromatic N) is 6. The van der Waals surface area contributed by atoms with Gasteiger partial charge in [-0.3, -0.25) is 4.79 Å². The Bertz CT molecular complexity index is 343. The second-order valence-corrected chi connectivity index (χ2v) is 3.39. The van der Waals surface area contributed by atoms with Crippen LogP contribution in [0.4, 0.5) is 0 Å². The zero-order chi connectivity index (χ0) is 11.3. The number of carbonyl (C=O) groups is 1. The van der Waals surface area contributed by atoms with E-state index in [-0.39, 0.29) is 6.42 Å². The number of azide groups is 2. The van der Waals surface area contributed by atoms with Crippen LogP contribution in [-0.4, -0.2) is 23.2 Å². The highest BCUT2D eigenvalue weighted by Gasteiger charge is 2.32. The molecule has 8 nitrogen and oxygen atoms in total. The molecule has 0 bridgehead atoms. The largest absolute Gasteiger partial charge is 0.481 e. The minimum Gasteiger partial charge on any atom is -0.481 e. The topological polar surface area (TPSA) is 135 Å². The summed E-state index contributed by atoms with van der Waals surface area (Å²) in [4.78, 5) is 16.0. The standard InChI is InChI=1S/C7H10N6O2/c8-12-10-5-2-1-4(7(14)15)3-6(5)11-13-9/h4-6H,1-3H2,(H,14,15)/t4-,5+,6+/m0/s1. The fourth-order valence-electron chi connectivity index (χ4n) is 1.75. The molecule has 15 heavy (non-hydrogen) atoms. The molecule has 0 unspecified atom stereocenters. The van der Waals surface area contributed by atoms with Crippen molar-refractivity contribution < 1.29 is 9.90 Å². The first-order valence-corrected chi connectivity index (χ1v) is 4.50. The Morgan fingerprint density at radius 3 is 2.33 bits per heavy atom. The summed E-state index contributed by atoms with van der Waals surface area (Å²) < 4.78 is 0. The normalized spacial score (nSPS) is 29.7. The van der Waals surface area contributed by atoms with Crippen molar-refractivity contribution in [1.29, 1.82) is 0 Å². The molecule has 1 N–H and O–H groups in total. The molecule has 0 spiro atoms. The van der Waals surface area contributed by atoms with Gasteiger partial charge in [-0.2, -0.15) is 0 Å². The fourth-order valence-corrected chi connectivity index (χ4v) is 1.75. The van der Waals surface area contributed by atoms with E-state index in [1.807, 2.05) is 0 Å². The maximum Gasteiger partial charge on any atom is 0.306 e. The number of carboxylic acid groups (broad SMARTS) is 1. The first-order valence-electron chi connectivity index (χ1n) is 4.50. The van der Waals surface area contributed by atoms with E-state index in [0.717, 1.165) is 0 Å². The zero-order valence-electron chi connectivity index (χ0n) is 7.89. The van der Waals surface area contributed by atoms with Crippen LogP contribution in [0.15, 0.2) is 10.2 Å². The summed E-state index contributed by atoms with van der Waals surface area (Å²) in [5.74, 6) is -1.40. The molecule has 1 aliphatic carbocycles. The van der Waals surface area contributed by atoms with Crippen LogP contribution in [0.2, 0.25) is 0 Å². The van der Waals surface area contributed by atoms with Crippen LogP contribution in [0.1, 0.15) is 19.3 Å². The molecule has 0 saturated heterocycles. The fraction of sp³-hybridized carbons (Fsp3) is 0.857. The second kappa shape index (κ2) is 5.09. The van der Waals surface area contributed by atoms with E-state index in [0.29, 0.717) is 12.8 Å². The van der Waals surface area contributed by atoms with E-state index in [1.54, 1.807) is 0 Å². The quantitative estimate of drug-likeness (QED) is 0.434. The predicted molar refractivity (Wildman–Crippen MR) is 50.8 cm³/mol. The third-order valence-electron chi connectivity index (χ3n) is 2.53. The van der Waals surface area contributed by atoms with Gasteiger partial charge in [-0.15, -0.1) is 0 Å². The first-order chi connectivity index (χ1) is 7.19. The molecular weight excluding hydrogens is 200 g/mol. The van der Waals surface area contributed by atoms with Crippen molar-refractivity contribution in [2.45, 2.75) is 31.3 Å². The summed E-state index contributed by atoms with van der Waals surface area (Å²) in [5.41, 5.74) is 16.6. The highest BCUT2D eigenvalue weighted by atomic mass is 16.4. The molecule has 0 aliphatic heterocycles. The van der Waals surface area contributed by atoms with Gasteiger partial charge in [0.25, 0.3) is 0 Å². The molecule has 0 radical (unpaired) electrons. The Morgan fingerprint density at radius 1 is 1.20 bits per heavy atom. The molecule has 0 amide bonds. The Hall–Kier alpha value is -1.91. The average Bonchev–Trinajstić information content (AvgIpc) is 2.21. The first kappa shape index (κ1) is 11.2. The zero-order valence-corrected chi connectivity index (χ0v) is 7.89. The van der Waals surface area contributed by atoms with Gasteiger partial charge in [0.05, 0.1) is 5.92 Å². The summed E-state index contributed by atoms with van der Waals surface area (Å²) in [6, 6.07) is -0.956. The van der Waals surface area contributed by atoms with Gasteiger partial charge in [0.15, 0.2) is 0 Å². The van der Waals surface area contributed by atoms with Gasteiger partial charge in [-0.25, -0.2) is 0 Å². The van der Waals surface area contributed by atoms with E-state index in [9.17, 15) is 4.79 Å². The van der Waals surface area contributed by atoms with Gasteiger partial charge in [0.1, 0.15) is 0 Å². The lowest BCUT2D eigenvalue weighted by atomic mass is 9.83. The highest BCUT2D eigenvalue weighted by molar-refractivity contribution is 5.70. The Kier molecular flexibility index (Phi) is 3.79. The third kappa shape index (κ3) is 2.77. The number of hydrogen-bond donors (Lipinski definition) is 1. The molecule has 0 aromatic carbocycles. The van der Waals surface area contributed by atoms with Crippen molar-refractivity contribution in [3.8, 4) is 0 Å². The smallest absolute Gasteiger partial charge is 0.306 e. The molecule has 0 aromatic heterocycles. The monoisotopic (exact) mass is 210 g/mol. The van der Waals surface area contributed by atoms with Crippen LogP contribution in [0.25, 0.3) is 20.9 Å². The van der Waals surface area contributed by atoms with Gasteiger partial charge >= 0.3 is 5.97 Å². The van der Waals surface area contributed by atoms with Crippen LogP contribution in [0.5, 0.6) is 0 Å². The maximum atomic E-state index is 10.7. The minimum absolute atomic E-state index is 0.239. The number of hydrogen-bond acceptors (Lipinski definition) is 3. The van der Waals surface area contributed by atoms with Crippen LogP contribution in [0.3, 0.4) is 0 Å². The van der Waals surface area contributed by atoms with Crippen molar-refractivity contribution in [2.75, 3.05) is 0 Å². The summed E-state index contributed by atoms with van der Waals surface area (Å²) in [7, 11) is 0. The van der Waals surface area contributed by atoms with E-state index in [4.69, 9.17) is 16.2 Å². The molecule has 0 aromatic rings. The lowest BCUT2D eigenvalue weighted by Gasteiger charge is -2.28. The SMILES string of the molecule is [N-]=[N+]=N[C@@H]1CC[C@H](C(=O)O)C[C@H]1N=[N+]=[N-]. The summed E-state index contributed by atoms with van der Waals surface area (Å²) in [6.45, 7) is 0. The van der Waals surface area contributed by atoms with Gasteiger partial charge in [-0.05, 0) is 30.3 Å². The van der Waals surface area contributed by atoms with Crippen LogP contribution in [-0.2, 0) is 4.79 Å². The molecule has 3 atom stereocenters. The molecule has 8 heteroatoms. The van der Waals surface area contributed by atoms with Crippen LogP contribution >= 0.6 is 0 Å². The Balaban J connectivity index is 2.77. The molecule has 1 rings (SSSR count). The summed E-state index contributed by atoms with van der Waals surface area (Å²) in [5, 5.41) is 15.8. The number of carboxylic acids is 1. The Morgan fingerprint density at radius 2 is 1.80 bits per heavy atom. The van der Waals surface area contributed by atoms with Crippen LogP contribution in [0, 0.1) is 5.92 Å². The number of aliphatic carboxylic acids is 1. The van der Waals surface area contributed by atoms with E-state index in [1.165, 1.54) is 0 Å². The maximum absolute atomic E-state index is 10.7. The predicted octanol–water partition coefficient (Wildman–Crippen LogP) is 2.23. The average molecular weight is 210 g/mol. The van der Waals surface area contributed by atoms with Crippen molar-refractivity contribution in [1.82, 2.24) is 0 Å². The van der Waals surface area contributed by atoms with E-state index in [2.05, 4.69) is 20.1 Å². The lowest BCUT2D eigenvalue weighted by molar-refractivity contribution is -0.143. The van der Waals surface area contributed by atoms with Crippen molar-refractivity contribution in [2.24, 2.45) is 16.1 Å². The van der Waals surface area contributed by atoms with Crippen molar-refractivity contribution in [3.05, 3.63) is 20.9 Å². The van der Waals surface area contributed by atoms with E-state index < -0.39 is 24.0 Å². The molecule has 80 valence electrons. The van der Waals surface area contributed by atoms with Crippen molar-refractivity contribution in [3.63, 3.8) is 0 Å². The molecule has 1 fully saturated rings. The molecule has 1 saturated carbocycles. The molecule has 0 heterocycles. The van der Waals surface area contributed by atoms with E-state index >= 15 is 0 Å². The van der Waals surface area contributed by atoms with Crippen molar-refractivity contribution >= 4 is 5.97 Å². The third-order valence-corrected chi connectivity index (χ3v) is 2.53. The van der Waals surface area contributed by atoms with Crippen LogP contribution < -0.4 is 0 Å². The summed E-state index contributed by atoms with van der Waals surface area (Å²) in [6.07, 6.45) is 1.14. The molecular formula is C7H10N6O2. The second-order valence-electron chi connectivity index (χ2n) is 3.39. The van der Waals surface area contributed by atoms with Gasteiger partial charge < -0.3 is 5.11 Å². The van der Waals surface area contributed by atoms with Gasteiger partial charge in [0, 0.05) is 21.9 Å². The Labute approximate surface area is 85.1 Å². The summed E-state index contributed by atoms with van der Waals surface area (Å²) >= 11 is 0. The minimum atomic E-state index is -0.896. The molecule has 1 aliphatic rings. The lowest BCUT2D eigenvalue weighted by Crippen LogP contribution is -2.33.